The van der Waals surface area contributed by atoms with Crippen molar-refractivity contribution in [3.8, 4) is 16.9 Å². The minimum absolute atomic E-state index is 0.0417. The quantitative estimate of drug-likeness (QED) is 0.392. The normalized spacial score (nSPS) is 21.5. The summed E-state index contributed by atoms with van der Waals surface area (Å²) < 4.78 is 12.2. The Balaban J connectivity index is 1.19. The van der Waals surface area contributed by atoms with Gasteiger partial charge >= 0.3 is 0 Å². The molecule has 8 heteroatoms. The van der Waals surface area contributed by atoms with Gasteiger partial charge in [-0.05, 0) is 55.4 Å². The lowest BCUT2D eigenvalue weighted by molar-refractivity contribution is -0.142. The molecule has 0 aliphatic carbocycles. The van der Waals surface area contributed by atoms with E-state index in [1.807, 2.05) is 67.5 Å². The van der Waals surface area contributed by atoms with E-state index in [1.165, 1.54) is 0 Å². The molecule has 0 spiro atoms. The molecule has 5 rings (SSSR count). The highest BCUT2D eigenvalue weighted by molar-refractivity contribution is 5.92. The van der Waals surface area contributed by atoms with Crippen LogP contribution < -0.4 is 15.4 Å². The summed E-state index contributed by atoms with van der Waals surface area (Å²) >= 11 is 0. The molecule has 3 aromatic carbocycles. The van der Waals surface area contributed by atoms with Crippen LogP contribution in [0.3, 0.4) is 0 Å². The lowest BCUT2D eigenvalue weighted by Gasteiger charge is -2.37. The summed E-state index contributed by atoms with van der Waals surface area (Å²) in [7, 11) is 3.69. The molecule has 2 amide bonds. The van der Waals surface area contributed by atoms with E-state index in [4.69, 9.17) is 9.47 Å². The van der Waals surface area contributed by atoms with Crippen LogP contribution in [0.25, 0.3) is 11.1 Å². The minimum Gasteiger partial charge on any atom is -0.487 e. The first-order valence-electron chi connectivity index (χ1n) is 13.3. The highest BCUT2D eigenvalue weighted by atomic mass is 16.6. The predicted molar refractivity (Wildman–Crippen MR) is 149 cm³/mol. The second kappa shape index (κ2) is 12.0. The van der Waals surface area contributed by atoms with E-state index < -0.39 is 6.10 Å². The Morgan fingerprint density at radius 3 is 2.44 bits per heavy atom. The van der Waals surface area contributed by atoms with Gasteiger partial charge in [0.2, 0.25) is 11.8 Å². The molecule has 8 nitrogen and oxygen atoms in total. The van der Waals surface area contributed by atoms with Crippen molar-refractivity contribution in [1.29, 1.82) is 0 Å². The van der Waals surface area contributed by atoms with E-state index in [0.29, 0.717) is 18.7 Å². The summed E-state index contributed by atoms with van der Waals surface area (Å²) in [5.74, 6) is 0.479. The van der Waals surface area contributed by atoms with Crippen molar-refractivity contribution in [3.63, 3.8) is 0 Å². The fourth-order valence-electron chi connectivity index (χ4n) is 5.38. The monoisotopic (exact) mass is 529 g/mol. The zero-order valence-corrected chi connectivity index (χ0v) is 22.3. The first-order chi connectivity index (χ1) is 18.9. The van der Waals surface area contributed by atoms with Gasteiger partial charge in [-0.3, -0.25) is 9.59 Å². The average molecular weight is 530 g/mol. The van der Waals surface area contributed by atoms with E-state index in [0.717, 1.165) is 28.0 Å². The number of amides is 2. The van der Waals surface area contributed by atoms with Crippen LogP contribution in [-0.2, 0) is 20.9 Å². The van der Waals surface area contributed by atoms with Gasteiger partial charge in [-0.25, -0.2) is 0 Å². The third-order valence-electron chi connectivity index (χ3n) is 7.21. The van der Waals surface area contributed by atoms with E-state index in [-0.39, 0.29) is 49.5 Å². The molecule has 3 aromatic rings. The highest BCUT2D eigenvalue weighted by Crippen LogP contribution is 2.47. The van der Waals surface area contributed by atoms with Gasteiger partial charge in [0.25, 0.3) is 0 Å². The fraction of sp³-hybridized carbons (Fsp3) is 0.355. The molecule has 0 bridgehead atoms. The Bertz CT molecular complexity index is 1300. The molecule has 1 fully saturated rings. The third kappa shape index (κ3) is 6.47. The molecular formula is C31H35N3O5. The fourth-order valence-corrected chi connectivity index (χ4v) is 5.38. The molecule has 4 atom stereocenters. The average Bonchev–Trinajstić information content (AvgIpc) is 3.29. The van der Waals surface area contributed by atoms with Gasteiger partial charge in [-0.1, -0.05) is 54.6 Å². The van der Waals surface area contributed by atoms with Gasteiger partial charge in [-0.15, -0.1) is 0 Å². The molecule has 0 aromatic heterocycles. The van der Waals surface area contributed by atoms with E-state index >= 15 is 0 Å². The zero-order valence-electron chi connectivity index (χ0n) is 22.3. The van der Waals surface area contributed by atoms with Crippen molar-refractivity contribution in [2.24, 2.45) is 0 Å². The van der Waals surface area contributed by atoms with Crippen molar-refractivity contribution in [2.45, 2.75) is 43.6 Å². The number of nitrogens with zero attached hydrogens (tertiary/aromatic N) is 1. The number of aliphatic hydroxyl groups excluding tert-OH is 1. The van der Waals surface area contributed by atoms with Crippen LogP contribution in [0, 0.1) is 0 Å². The molecule has 0 saturated carbocycles. The van der Waals surface area contributed by atoms with Gasteiger partial charge in [-0.2, -0.15) is 0 Å². The zero-order chi connectivity index (χ0) is 27.4. The number of rotatable bonds is 9. The van der Waals surface area contributed by atoms with Crippen LogP contribution in [0.1, 0.15) is 29.9 Å². The van der Waals surface area contributed by atoms with Gasteiger partial charge in [0.05, 0.1) is 25.7 Å². The molecule has 1 saturated heterocycles. The lowest BCUT2D eigenvalue weighted by Crippen LogP contribution is -2.47. The van der Waals surface area contributed by atoms with Crippen LogP contribution >= 0.6 is 0 Å². The molecule has 204 valence electrons. The number of benzene rings is 3. The molecule has 2 aliphatic rings. The smallest absolute Gasteiger partial charge is 0.238 e. The van der Waals surface area contributed by atoms with Gasteiger partial charge in [0.1, 0.15) is 18.0 Å². The number of ether oxygens (including phenoxy) is 2. The number of carbonyl (C=O) groups excluding carboxylic acids is 2. The number of anilines is 1. The summed E-state index contributed by atoms with van der Waals surface area (Å²) in [4.78, 5) is 26.9. The van der Waals surface area contributed by atoms with Crippen LogP contribution in [0.2, 0.25) is 0 Å². The first kappa shape index (κ1) is 26.9. The molecule has 0 unspecified atom stereocenters. The van der Waals surface area contributed by atoms with Crippen molar-refractivity contribution < 1.29 is 24.2 Å². The van der Waals surface area contributed by atoms with Crippen LogP contribution in [0.15, 0.2) is 72.8 Å². The molecular weight excluding hydrogens is 494 g/mol. The Kier molecular flexibility index (Phi) is 8.26. The maximum atomic E-state index is 12.8. The van der Waals surface area contributed by atoms with Crippen LogP contribution in [-0.4, -0.2) is 67.4 Å². The standard InChI is InChI=1S/C31H35N3O5/c1-34(2)18-30(37)33-23-12-13-27-25(14-23)26-15-24(38-28(19-35)31(26)39-27)16-29(36)32-17-20-8-10-22(11-9-20)21-6-4-3-5-7-21/h3-14,24,26,28,31,35H,15-19H2,1-2H3,(H,32,36)(H,33,37)/t24-,26+,28+,31-/m1/s1. The number of hydrogen-bond donors (Lipinski definition) is 3. The van der Waals surface area contributed by atoms with Crippen molar-refractivity contribution in [1.82, 2.24) is 10.2 Å². The Labute approximate surface area is 228 Å². The number of aliphatic hydroxyl groups is 1. The maximum Gasteiger partial charge on any atom is 0.238 e. The second-order valence-electron chi connectivity index (χ2n) is 10.5. The van der Waals surface area contributed by atoms with Crippen molar-refractivity contribution >= 4 is 17.5 Å². The summed E-state index contributed by atoms with van der Waals surface area (Å²) in [6.45, 7) is 0.514. The number of likely N-dealkylation sites (N-methyl/N-ethyl adjacent to an activating group) is 1. The Morgan fingerprint density at radius 1 is 0.974 bits per heavy atom. The second-order valence-corrected chi connectivity index (χ2v) is 10.5. The predicted octanol–water partition coefficient (Wildman–Crippen LogP) is 3.55. The lowest BCUT2D eigenvalue weighted by atomic mass is 9.84. The first-order valence-corrected chi connectivity index (χ1v) is 13.3. The number of fused-ring (bicyclic) bond motifs is 3. The largest absolute Gasteiger partial charge is 0.487 e. The summed E-state index contributed by atoms with van der Waals surface area (Å²) in [6.07, 6.45) is -0.449. The number of nitrogens with one attached hydrogen (secondary N) is 2. The molecule has 39 heavy (non-hydrogen) atoms. The molecule has 0 radical (unpaired) electrons. The summed E-state index contributed by atoms with van der Waals surface area (Å²) in [5.41, 5.74) is 4.96. The highest BCUT2D eigenvalue weighted by Gasteiger charge is 2.46. The van der Waals surface area contributed by atoms with E-state index in [9.17, 15) is 14.7 Å². The van der Waals surface area contributed by atoms with Crippen LogP contribution in [0.5, 0.6) is 5.75 Å². The van der Waals surface area contributed by atoms with E-state index in [1.54, 1.807) is 0 Å². The molecule has 2 heterocycles. The SMILES string of the molecule is CN(C)CC(=O)Nc1ccc2c(c1)[C@@H]1C[C@H](CC(=O)NCc3ccc(-c4ccccc4)cc3)O[C@@H](CO)[C@@H]1O2. The minimum atomic E-state index is -0.536. The maximum absolute atomic E-state index is 12.8. The van der Waals surface area contributed by atoms with Crippen molar-refractivity contribution in [3.05, 3.63) is 83.9 Å². The number of carbonyl (C=O) groups is 2. The number of hydrogen-bond acceptors (Lipinski definition) is 6. The van der Waals surface area contributed by atoms with Gasteiger partial charge in [0.15, 0.2) is 0 Å². The van der Waals surface area contributed by atoms with Crippen molar-refractivity contribution in [2.75, 3.05) is 32.6 Å². The summed E-state index contributed by atoms with van der Waals surface area (Å²) in [5, 5.41) is 15.9. The summed E-state index contributed by atoms with van der Waals surface area (Å²) in [6, 6.07) is 23.9. The Morgan fingerprint density at radius 2 is 1.72 bits per heavy atom. The van der Waals surface area contributed by atoms with Crippen LogP contribution in [0.4, 0.5) is 5.69 Å². The van der Waals surface area contributed by atoms with Gasteiger partial charge in [0, 0.05) is 23.7 Å². The third-order valence-corrected chi connectivity index (χ3v) is 7.21. The van der Waals surface area contributed by atoms with Gasteiger partial charge < -0.3 is 30.1 Å². The van der Waals surface area contributed by atoms with E-state index in [2.05, 4.69) is 34.9 Å². The Hall–Kier alpha value is -3.72. The topological polar surface area (TPSA) is 100 Å². The molecule has 2 aliphatic heterocycles. The molecule has 3 N–H and O–H groups in total.